The number of rotatable bonds is 4. The molecule has 1 aromatic heterocycles. The third-order valence-electron chi connectivity index (χ3n) is 3.60. The van der Waals surface area contributed by atoms with Gasteiger partial charge in [-0.25, -0.2) is 0 Å². The standard InChI is InChI=1S/C15H16BrNS/c16-13-8-15(18-10-13)9-17-14-6-12(7-14)11-4-2-1-3-5-11/h1-5,8,10,12,14,17H,6-7,9H2. The van der Waals surface area contributed by atoms with Gasteiger partial charge in [0.25, 0.3) is 0 Å². The number of nitrogens with one attached hydrogen (secondary N) is 1. The third kappa shape index (κ3) is 2.85. The lowest BCUT2D eigenvalue weighted by atomic mass is 9.76. The Morgan fingerprint density at radius 2 is 2.00 bits per heavy atom. The molecule has 0 amide bonds. The Morgan fingerprint density at radius 1 is 1.22 bits per heavy atom. The van der Waals surface area contributed by atoms with Gasteiger partial charge >= 0.3 is 0 Å². The highest BCUT2D eigenvalue weighted by atomic mass is 79.9. The second-order valence-corrected chi connectivity index (χ2v) is 6.80. The average Bonchev–Trinajstić information content (AvgIpc) is 2.74. The summed E-state index contributed by atoms with van der Waals surface area (Å²) in [7, 11) is 0. The molecule has 1 fully saturated rings. The van der Waals surface area contributed by atoms with E-state index in [2.05, 4.69) is 63.0 Å². The molecule has 0 unspecified atom stereocenters. The minimum absolute atomic E-state index is 0.691. The Balaban J connectivity index is 1.46. The van der Waals surface area contributed by atoms with Crippen molar-refractivity contribution in [2.45, 2.75) is 31.3 Å². The summed E-state index contributed by atoms with van der Waals surface area (Å²) in [5.74, 6) is 0.763. The molecule has 18 heavy (non-hydrogen) atoms. The Kier molecular flexibility index (Phi) is 3.83. The molecule has 0 spiro atoms. The van der Waals surface area contributed by atoms with Crippen molar-refractivity contribution < 1.29 is 0 Å². The second-order valence-electron chi connectivity index (χ2n) is 4.89. The van der Waals surface area contributed by atoms with E-state index in [4.69, 9.17) is 0 Å². The van der Waals surface area contributed by atoms with E-state index in [-0.39, 0.29) is 0 Å². The smallest absolute Gasteiger partial charge is 0.0302 e. The Labute approximate surface area is 120 Å². The minimum atomic E-state index is 0.691. The summed E-state index contributed by atoms with van der Waals surface area (Å²) in [6.45, 7) is 1.00. The van der Waals surface area contributed by atoms with Crippen LogP contribution in [0.15, 0.2) is 46.3 Å². The summed E-state index contributed by atoms with van der Waals surface area (Å²) in [6, 6.07) is 13.8. The molecule has 1 aliphatic carbocycles. The zero-order valence-electron chi connectivity index (χ0n) is 10.1. The molecule has 0 aliphatic heterocycles. The first-order valence-corrected chi connectivity index (χ1v) is 8.00. The first-order chi connectivity index (χ1) is 8.81. The van der Waals surface area contributed by atoms with Gasteiger partial charge in [0.15, 0.2) is 0 Å². The molecule has 1 aromatic carbocycles. The molecule has 1 N–H and O–H groups in total. The van der Waals surface area contributed by atoms with Gasteiger partial charge in [-0.15, -0.1) is 11.3 Å². The molecular formula is C15H16BrNS. The fraction of sp³-hybridized carbons (Fsp3) is 0.333. The maximum absolute atomic E-state index is 3.64. The number of thiophene rings is 1. The van der Waals surface area contributed by atoms with E-state index in [0.717, 1.165) is 12.5 Å². The van der Waals surface area contributed by atoms with Crippen molar-refractivity contribution in [3.8, 4) is 0 Å². The van der Waals surface area contributed by atoms with Crippen molar-refractivity contribution in [1.29, 1.82) is 0 Å². The maximum Gasteiger partial charge on any atom is 0.0302 e. The van der Waals surface area contributed by atoms with E-state index in [0.29, 0.717) is 6.04 Å². The molecule has 1 saturated carbocycles. The zero-order chi connectivity index (χ0) is 12.4. The molecule has 1 nitrogen and oxygen atoms in total. The van der Waals surface area contributed by atoms with Crippen LogP contribution in [0.5, 0.6) is 0 Å². The third-order valence-corrected chi connectivity index (χ3v) is 5.29. The fourth-order valence-corrected chi connectivity index (χ4v) is 3.88. The summed E-state index contributed by atoms with van der Waals surface area (Å²) in [5, 5.41) is 5.78. The van der Waals surface area contributed by atoms with Gasteiger partial charge in [0.05, 0.1) is 0 Å². The lowest BCUT2D eigenvalue weighted by Crippen LogP contribution is -2.39. The number of benzene rings is 1. The molecule has 3 heteroatoms. The predicted molar refractivity (Wildman–Crippen MR) is 81.1 cm³/mol. The van der Waals surface area contributed by atoms with Gasteiger partial charge < -0.3 is 5.32 Å². The van der Waals surface area contributed by atoms with Crippen LogP contribution in [-0.4, -0.2) is 6.04 Å². The van der Waals surface area contributed by atoms with Crippen molar-refractivity contribution in [2.75, 3.05) is 0 Å². The monoisotopic (exact) mass is 321 g/mol. The summed E-state index contributed by atoms with van der Waals surface area (Å²) in [6.07, 6.45) is 2.55. The van der Waals surface area contributed by atoms with Crippen molar-refractivity contribution in [3.63, 3.8) is 0 Å². The van der Waals surface area contributed by atoms with Crippen LogP contribution in [0, 0.1) is 0 Å². The van der Waals surface area contributed by atoms with E-state index in [1.54, 1.807) is 0 Å². The van der Waals surface area contributed by atoms with Crippen LogP contribution < -0.4 is 5.32 Å². The van der Waals surface area contributed by atoms with E-state index < -0.39 is 0 Å². The first-order valence-electron chi connectivity index (χ1n) is 6.32. The second kappa shape index (κ2) is 5.55. The van der Waals surface area contributed by atoms with Crippen LogP contribution in [0.25, 0.3) is 0 Å². The van der Waals surface area contributed by atoms with Gasteiger partial charge in [0.1, 0.15) is 0 Å². The SMILES string of the molecule is Brc1csc(CNC2CC(c3ccccc3)C2)c1. The van der Waals surface area contributed by atoms with Crippen LogP contribution in [-0.2, 0) is 6.54 Å². The van der Waals surface area contributed by atoms with Gasteiger partial charge in [-0.1, -0.05) is 30.3 Å². The van der Waals surface area contributed by atoms with Crippen LogP contribution in [0.4, 0.5) is 0 Å². The predicted octanol–water partition coefficient (Wildman–Crippen LogP) is 4.55. The number of halogens is 1. The van der Waals surface area contributed by atoms with E-state index in [1.807, 2.05) is 11.3 Å². The molecule has 0 radical (unpaired) electrons. The quantitative estimate of drug-likeness (QED) is 0.871. The molecule has 3 rings (SSSR count). The Hall–Kier alpha value is -0.640. The Bertz CT molecular complexity index is 502. The van der Waals surface area contributed by atoms with Crippen LogP contribution in [0.1, 0.15) is 29.2 Å². The van der Waals surface area contributed by atoms with Crippen molar-refractivity contribution >= 4 is 27.3 Å². The number of hydrogen-bond acceptors (Lipinski definition) is 2. The van der Waals surface area contributed by atoms with Crippen molar-refractivity contribution in [1.82, 2.24) is 5.32 Å². The zero-order valence-corrected chi connectivity index (χ0v) is 12.5. The molecule has 94 valence electrons. The summed E-state index contributed by atoms with van der Waals surface area (Å²) < 4.78 is 1.19. The van der Waals surface area contributed by atoms with E-state index in [1.165, 1.54) is 27.8 Å². The summed E-state index contributed by atoms with van der Waals surface area (Å²) in [5.41, 5.74) is 1.49. The van der Waals surface area contributed by atoms with E-state index in [9.17, 15) is 0 Å². The number of hydrogen-bond donors (Lipinski definition) is 1. The van der Waals surface area contributed by atoms with Gasteiger partial charge in [-0.3, -0.25) is 0 Å². The van der Waals surface area contributed by atoms with Crippen molar-refractivity contribution in [2.24, 2.45) is 0 Å². The topological polar surface area (TPSA) is 12.0 Å². The van der Waals surface area contributed by atoms with Gasteiger partial charge in [0, 0.05) is 27.3 Å². The molecule has 0 atom stereocenters. The van der Waals surface area contributed by atoms with Crippen LogP contribution >= 0.6 is 27.3 Å². The normalized spacial score (nSPS) is 22.7. The Morgan fingerprint density at radius 3 is 2.67 bits per heavy atom. The first kappa shape index (κ1) is 12.4. The molecule has 0 bridgehead atoms. The van der Waals surface area contributed by atoms with Crippen LogP contribution in [0.3, 0.4) is 0 Å². The molecule has 0 saturated heterocycles. The fourth-order valence-electron chi connectivity index (χ4n) is 2.47. The summed E-state index contributed by atoms with van der Waals surface area (Å²) >= 11 is 5.31. The van der Waals surface area contributed by atoms with Crippen molar-refractivity contribution in [3.05, 3.63) is 56.7 Å². The minimum Gasteiger partial charge on any atom is -0.309 e. The van der Waals surface area contributed by atoms with Gasteiger partial charge in [-0.05, 0) is 46.3 Å². The van der Waals surface area contributed by atoms with Gasteiger partial charge in [-0.2, -0.15) is 0 Å². The van der Waals surface area contributed by atoms with Gasteiger partial charge in [0.2, 0.25) is 0 Å². The largest absolute Gasteiger partial charge is 0.309 e. The summed E-state index contributed by atoms with van der Waals surface area (Å²) in [4.78, 5) is 1.41. The average molecular weight is 322 g/mol. The lowest BCUT2D eigenvalue weighted by molar-refractivity contribution is 0.290. The molecule has 1 heterocycles. The molecule has 2 aromatic rings. The highest BCUT2D eigenvalue weighted by Crippen LogP contribution is 2.36. The maximum atomic E-state index is 3.64. The highest BCUT2D eigenvalue weighted by molar-refractivity contribution is 9.10. The van der Waals surface area contributed by atoms with Crippen LogP contribution in [0.2, 0.25) is 0 Å². The molecular weight excluding hydrogens is 306 g/mol. The van der Waals surface area contributed by atoms with E-state index >= 15 is 0 Å². The highest BCUT2D eigenvalue weighted by Gasteiger charge is 2.29. The lowest BCUT2D eigenvalue weighted by Gasteiger charge is -2.36. The molecule has 1 aliphatic rings.